The van der Waals surface area contributed by atoms with Crippen LogP contribution in [0.4, 0.5) is 5.69 Å². The summed E-state index contributed by atoms with van der Waals surface area (Å²) in [7, 11) is 1.27. The molecule has 0 saturated carbocycles. The lowest BCUT2D eigenvalue weighted by atomic mass is 9.85. The summed E-state index contributed by atoms with van der Waals surface area (Å²) in [6.45, 7) is -0.561. The summed E-state index contributed by atoms with van der Waals surface area (Å²) < 4.78 is 9.51. The minimum Gasteiger partial charge on any atom is -0.465 e. The molecule has 1 aliphatic heterocycles. The van der Waals surface area contributed by atoms with Gasteiger partial charge in [-0.25, -0.2) is 4.79 Å². The van der Waals surface area contributed by atoms with Crippen LogP contribution in [0.2, 0.25) is 0 Å². The van der Waals surface area contributed by atoms with E-state index in [1.807, 2.05) is 12.2 Å². The highest BCUT2D eigenvalue weighted by Crippen LogP contribution is 2.34. The molecule has 0 aromatic heterocycles. The van der Waals surface area contributed by atoms with E-state index in [0.717, 1.165) is 4.90 Å². The number of fused-ring (bicyclic) bond motifs is 1. The minimum absolute atomic E-state index is 0.0554. The van der Waals surface area contributed by atoms with E-state index in [2.05, 4.69) is 10.1 Å². The molecule has 1 aromatic carbocycles. The molecule has 1 aliphatic carbocycles. The van der Waals surface area contributed by atoms with E-state index in [-0.39, 0.29) is 36.6 Å². The van der Waals surface area contributed by atoms with E-state index in [1.54, 1.807) is 0 Å². The van der Waals surface area contributed by atoms with Gasteiger partial charge in [0.25, 0.3) is 5.91 Å². The molecular weight excluding hydrogens is 392 g/mol. The number of carbonyl (C=O) groups excluding carboxylic acids is 5. The Morgan fingerprint density at radius 2 is 1.63 bits per heavy atom. The molecule has 0 unspecified atom stereocenters. The summed E-state index contributed by atoms with van der Waals surface area (Å²) in [5.41, 5.74) is 0.761. The van der Waals surface area contributed by atoms with Crippen molar-refractivity contribution in [3.8, 4) is 0 Å². The van der Waals surface area contributed by atoms with Gasteiger partial charge < -0.3 is 14.8 Å². The lowest BCUT2D eigenvalue weighted by molar-refractivity contribution is -0.148. The molecule has 2 aliphatic rings. The first-order valence-electron chi connectivity index (χ1n) is 9.54. The third-order valence-electron chi connectivity index (χ3n) is 5.09. The first kappa shape index (κ1) is 21.2. The number of ether oxygens (including phenoxy) is 2. The smallest absolute Gasteiger partial charge is 0.337 e. The second-order valence-corrected chi connectivity index (χ2v) is 7.01. The maximum Gasteiger partial charge on any atom is 0.337 e. The topological polar surface area (TPSA) is 119 Å². The zero-order chi connectivity index (χ0) is 21.7. The zero-order valence-corrected chi connectivity index (χ0v) is 16.5. The Kier molecular flexibility index (Phi) is 6.61. The molecule has 9 nitrogen and oxygen atoms in total. The maximum atomic E-state index is 12.3. The molecule has 3 amide bonds. The average Bonchev–Trinajstić information content (AvgIpc) is 3.01. The molecule has 30 heavy (non-hydrogen) atoms. The van der Waals surface area contributed by atoms with Gasteiger partial charge in [0.2, 0.25) is 11.8 Å². The van der Waals surface area contributed by atoms with Gasteiger partial charge in [0, 0.05) is 12.2 Å². The van der Waals surface area contributed by atoms with Gasteiger partial charge in [-0.3, -0.25) is 24.1 Å². The van der Waals surface area contributed by atoms with Crippen LogP contribution < -0.4 is 5.32 Å². The van der Waals surface area contributed by atoms with Gasteiger partial charge in [-0.05, 0) is 37.1 Å². The predicted octanol–water partition coefficient (Wildman–Crippen LogP) is 1.30. The van der Waals surface area contributed by atoms with Gasteiger partial charge in [-0.15, -0.1) is 0 Å². The first-order chi connectivity index (χ1) is 14.4. The number of allylic oxidation sites excluding steroid dienone is 2. The number of hydrogen-bond donors (Lipinski definition) is 1. The number of likely N-dealkylation sites (tertiary alicyclic amines) is 1. The van der Waals surface area contributed by atoms with Crippen molar-refractivity contribution in [2.45, 2.75) is 19.3 Å². The van der Waals surface area contributed by atoms with Crippen molar-refractivity contribution in [3.05, 3.63) is 42.0 Å². The number of carbonyl (C=O) groups is 5. The number of imide groups is 1. The number of rotatable bonds is 7. The molecule has 1 N–H and O–H groups in total. The van der Waals surface area contributed by atoms with Crippen LogP contribution in [0.25, 0.3) is 0 Å². The molecule has 2 atom stereocenters. The van der Waals surface area contributed by atoms with E-state index in [1.165, 1.54) is 31.4 Å². The van der Waals surface area contributed by atoms with Gasteiger partial charge in [-0.1, -0.05) is 12.2 Å². The van der Waals surface area contributed by atoms with E-state index in [0.29, 0.717) is 24.1 Å². The first-order valence-corrected chi connectivity index (χ1v) is 9.54. The standard InChI is InChI=1S/C21H22N2O7/c1-29-21(28)13-6-8-14(9-7-13)22-17(24)12-30-18(25)10-11-23-19(26)15-4-2-3-5-16(15)20(23)27/h2-3,6-9,15-16H,4-5,10-12H2,1H3,(H,22,24)/t15-,16+. The van der Waals surface area contributed by atoms with Crippen LogP contribution in [-0.2, 0) is 28.7 Å². The predicted molar refractivity (Wildman–Crippen MR) is 104 cm³/mol. The quantitative estimate of drug-likeness (QED) is 0.406. The number of hydrogen-bond acceptors (Lipinski definition) is 7. The Balaban J connectivity index is 1.41. The van der Waals surface area contributed by atoms with Crippen molar-refractivity contribution in [2.24, 2.45) is 11.8 Å². The lowest BCUT2D eigenvalue weighted by Gasteiger charge is -2.14. The summed E-state index contributed by atoms with van der Waals surface area (Å²) in [5.74, 6) is -2.91. The van der Waals surface area contributed by atoms with Crippen LogP contribution in [0.3, 0.4) is 0 Å². The van der Waals surface area contributed by atoms with E-state index in [4.69, 9.17) is 4.74 Å². The van der Waals surface area contributed by atoms with Crippen molar-refractivity contribution >= 4 is 35.3 Å². The van der Waals surface area contributed by atoms with E-state index >= 15 is 0 Å². The molecule has 0 radical (unpaired) electrons. The summed E-state index contributed by atoms with van der Waals surface area (Å²) in [6, 6.07) is 6.02. The van der Waals surface area contributed by atoms with Crippen LogP contribution in [0.15, 0.2) is 36.4 Å². The minimum atomic E-state index is -0.681. The Hall–Kier alpha value is -3.49. The molecule has 1 fully saturated rings. The van der Waals surface area contributed by atoms with Gasteiger partial charge in [0.05, 0.1) is 30.9 Å². The third kappa shape index (κ3) is 4.73. The van der Waals surface area contributed by atoms with Crippen LogP contribution in [0, 0.1) is 11.8 Å². The van der Waals surface area contributed by atoms with Crippen LogP contribution in [-0.4, -0.2) is 54.8 Å². The molecular formula is C21H22N2O7. The highest BCUT2D eigenvalue weighted by Gasteiger charge is 2.46. The monoisotopic (exact) mass is 414 g/mol. The van der Waals surface area contributed by atoms with Gasteiger partial charge in [0.1, 0.15) is 0 Å². The highest BCUT2D eigenvalue weighted by molar-refractivity contribution is 6.05. The number of anilines is 1. The zero-order valence-electron chi connectivity index (χ0n) is 16.5. The summed E-state index contributed by atoms with van der Waals surface area (Å²) in [6.07, 6.45) is 4.69. The van der Waals surface area contributed by atoms with Crippen LogP contribution >= 0.6 is 0 Å². The third-order valence-corrected chi connectivity index (χ3v) is 5.09. The fourth-order valence-corrected chi connectivity index (χ4v) is 3.52. The average molecular weight is 414 g/mol. The number of nitrogens with one attached hydrogen (secondary N) is 1. The number of benzene rings is 1. The molecule has 1 saturated heterocycles. The van der Waals surface area contributed by atoms with E-state index in [9.17, 15) is 24.0 Å². The maximum absolute atomic E-state index is 12.3. The molecule has 1 heterocycles. The number of esters is 2. The Morgan fingerprint density at radius 3 is 2.20 bits per heavy atom. The summed E-state index contributed by atoms with van der Waals surface area (Å²) in [5, 5.41) is 2.53. The van der Waals surface area contributed by atoms with Crippen molar-refractivity contribution in [1.29, 1.82) is 0 Å². The van der Waals surface area contributed by atoms with Gasteiger partial charge >= 0.3 is 11.9 Å². The molecule has 0 spiro atoms. The summed E-state index contributed by atoms with van der Waals surface area (Å²) in [4.78, 5) is 61.0. The second-order valence-electron chi connectivity index (χ2n) is 7.01. The van der Waals surface area contributed by atoms with E-state index < -0.39 is 24.5 Å². The van der Waals surface area contributed by atoms with Crippen molar-refractivity contribution in [1.82, 2.24) is 4.90 Å². The van der Waals surface area contributed by atoms with Crippen molar-refractivity contribution in [3.63, 3.8) is 0 Å². The normalized spacial score (nSPS) is 20.0. The number of amides is 3. The van der Waals surface area contributed by atoms with Crippen LogP contribution in [0.1, 0.15) is 29.6 Å². The highest BCUT2D eigenvalue weighted by atomic mass is 16.5. The fraction of sp³-hybridized carbons (Fsp3) is 0.381. The van der Waals surface area contributed by atoms with Crippen molar-refractivity contribution in [2.75, 3.05) is 25.6 Å². The molecule has 158 valence electrons. The largest absolute Gasteiger partial charge is 0.465 e. The number of nitrogens with zero attached hydrogens (tertiary/aromatic N) is 1. The molecule has 0 bridgehead atoms. The van der Waals surface area contributed by atoms with Gasteiger partial charge in [-0.2, -0.15) is 0 Å². The number of methoxy groups -OCH3 is 1. The second kappa shape index (κ2) is 9.34. The van der Waals surface area contributed by atoms with Crippen molar-refractivity contribution < 1.29 is 33.4 Å². The molecule has 9 heteroatoms. The summed E-state index contributed by atoms with van der Waals surface area (Å²) >= 11 is 0. The molecule has 3 rings (SSSR count). The van der Waals surface area contributed by atoms with Crippen LogP contribution in [0.5, 0.6) is 0 Å². The Labute approximate surface area is 173 Å². The lowest BCUT2D eigenvalue weighted by Crippen LogP contribution is -2.33. The Morgan fingerprint density at radius 1 is 1.03 bits per heavy atom. The Bertz CT molecular complexity index is 865. The van der Waals surface area contributed by atoms with Gasteiger partial charge in [0.15, 0.2) is 6.61 Å². The fourth-order valence-electron chi connectivity index (χ4n) is 3.52. The SMILES string of the molecule is COC(=O)c1ccc(NC(=O)COC(=O)CCN2C(=O)[C@H]3CC=CC[C@H]3C2=O)cc1. The molecule has 1 aromatic rings.